The molecule has 8 N–H and O–H groups in total. The van der Waals surface area contributed by atoms with Gasteiger partial charge >= 0.3 is 29.8 Å². The summed E-state index contributed by atoms with van der Waals surface area (Å²) in [7, 11) is 0. The number of aliphatic carboxylic acids is 1. The minimum atomic E-state index is -2.15. The number of hydrogen-bond donors (Lipinski definition) is 8. The SMILES string of the molecule is O=C(O)CC1C(=O)O[C@H]2[C@H](O)[C@H](OC(=O)c3cc(O)c(O)c4c3C1C(=O)O4)[C@@H](OC(=O)c1cc(O)c(O)c(O)c1)O[C@H]2CO. The summed E-state index contributed by atoms with van der Waals surface area (Å²) < 4.78 is 26.3. The lowest BCUT2D eigenvalue weighted by Gasteiger charge is -2.42. The molecule has 0 amide bonds. The number of rotatable bonds is 5. The number of aliphatic hydroxyl groups is 2. The Morgan fingerprint density at radius 2 is 1.50 bits per heavy atom. The molecule has 44 heavy (non-hydrogen) atoms. The van der Waals surface area contributed by atoms with Crippen molar-refractivity contribution >= 4 is 29.8 Å². The highest BCUT2D eigenvalue weighted by atomic mass is 16.7. The van der Waals surface area contributed by atoms with Gasteiger partial charge in [0, 0.05) is 5.56 Å². The van der Waals surface area contributed by atoms with Crippen molar-refractivity contribution in [2.75, 3.05) is 6.61 Å². The van der Waals surface area contributed by atoms with Crippen LogP contribution in [0.2, 0.25) is 0 Å². The Labute approximate surface area is 243 Å². The van der Waals surface area contributed by atoms with Gasteiger partial charge in [0.05, 0.1) is 30.1 Å². The molecule has 5 rings (SSSR count). The van der Waals surface area contributed by atoms with E-state index in [9.17, 15) is 64.8 Å². The highest BCUT2D eigenvalue weighted by Gasteiger charge is 2.55. The van der Waals surface area contributed by atoms with Crippen LogP contribution < -0.4 is 4.74 Å². The molecular formula is C26H22O18. The van der Waals surface area contributed by atoms with E-state index in [1.165, 1.54) is 0 Å². The first kappa shape index (κ1) is 30.1. The normalized spacial score (nSPS) is 27.7. The molecule has 0 saturated carbocycles. The maximum absolute atomic E-state index is 13.5. The van der Waals surface area contributed by atoms with Crippen LogP contribution >= 0.6 is 0 Å². The minimum Gasteiger partial charge on any atom is -0.504 e. The molecule has 2 bridgehead atoms. The number of hydrogen-bond acceptors (Lipinski definition) is 17. The number of carboxylic acid groups (broad SMARTS) is 1. The molecule has 0 radical (unpaired) electrons. The van der Waals surface area contributed by atoms with E-state index in [1.54, 1.807) is 0 Å². The summed E-state index contributed by atoms with van der Waals surface area (Å²) >= 11 is 0. The summed E-state index contributed by atoms with van der Waals surface area (Å²) in [5.41, 5.74) is -1.83. The topological polar surface area (TPSA) is 293 Å². The Morgan fingerprint density at radius 3 is 2.11 bits per heavy atom. The lowest BCUT2D eigenvalue weighted by Crippen LogP contribution is -2.62. The lowest BCUT2D eigenvalue weighted by atomic mass is 9.82. The minimum absolute atomic E-state index is 0.548. The van der Waals surface area contributed by atoms with E-state index < -0.39 is 137 Å². The smallest absolute Gasteiger partial charge is 0.340 e. The van der Waals surface area contributed by atoms with Crippen LogP contribution in [0.1, 0.15) is 38.6 Å². The zero-order chi connectivity index (χ0) is 32.2. The van der Waals surface area contributed by atoms with Crippen molar-refractivity contribution < 1.29 is 88.5 Å². The number of carbonyl (C=O) groups is 5. The summed E-state index contributed by atoms with van der Waals surface area (Å²) in [4.78, 5) is 64.3. The molecule has 18 heteroatoms. The van der Waals surface area contributed by atoms with Crippen molar-refractivity contribution in [1.29, 1.82) is 0 Å². The Morgan fingerprint density at radius 1 is 0.864 bits per heavy atom. The number of phenols is 5. The van der Waals surface area contributed by atoms with E-state index in [-0.39, 0.29) is 0 Å². The van der Waals surface area contributed by atoms with Crippen LogP contribution in [-0.2, 0) is 33.3 Å². The predicted molar refractivity (Wildman–Crippen MR) is 132 cm³/mol. The van der Waals surface area contributed by atoms with E-state index in [0.717, 1.165) is 0 Å². The van der Waals surface area contributed by atoms with E-state index >= 15 is 0 Å². The number of aromatic hydroxyl groups is 5. The van der Waals surface area contributed by atoms with Gasteiger partial charge in [0.15, 0.2) is 41.0 Å². The molecule has 3 aliphatic rings. The van der Waals surface area contributed by atoms with Crippen molar-refractivity contribution in [3.63, 3.8) is 0 Å². The summed E-state index contributed by atoms with van der Waals surface area (Å²) in [6, 6.07) is 2.01. The molecule has 1 saturated heterocycles. The number of fused-ring (bicyclic) bond motifs is 2. The van der Waals surface area contributed by atoms with Crippen LogP contribution in [0.4, 0.5) is 0 Å². The van der Waals surface area contributed by atoms with Gasteiger partial charge in [-0.3, -0.25) is 14.4 Å². The molecule has 234 valence electrons. The van der Waals surface area contributed by atoms with Crippen LogP contribution in [0, 0.1) is 5.92 Å². The van der Waals surface area contributed by atoms with Crippen molar-refractivity contribution in [2.45, 2.75) is 43.0 Å². The van der Waals surface area contributed by atoms with Crippen molar-refractivity contribution in [3.05, 3.63) is 34.9 Å². The van der Waals surface area contributed by atoms with Crippen LogP contribution in [0.25, 0.3) is 0 Å². The third kappa shape index (κ3) is 4.99. The second-order valence-electron chi connectivity index (χ2n) is 9.89. The first-order valence-electron chi connectivity index (χ1n) is 12.6. The van der Waals surface area contributed by atoms with Gasteiger partial charge in [-0.15, -0.1) is 0 Å². The second-order valence-corrected chi connectivity index (χ2v) is 9.89. The second kappa shape index (κ2) is 11.1. The van der Waals surface area contributed by atoms with Gasteiger partial charge in [-0.1, -0.05) is 0 Å². The molecule has 0 aliphatic carbocycles. The van der Waals surface area contributed by atoms with E-state index in [1.807, 2.05) is 0 Å². The van der Waals surface area contributed by atoms with Crippen LogP contribution in [0.3, 0.4) is 0 Å². The summed E-state index contributed by atoms with van der Waals surface area (Å²) in [5, 5.41) is 80.2. The zero-order valence-corrected chi connectivity index (χ0v) is 21.8. The quantitative estimate of drug-likeness (QED) is 0.0831. The Hall–Kier alpha value is -5.33. The first-order chi connectivity index (χ1) is 20.7. The molecule has 18 nitrogen and oxygen atoms in total. The number of carboxylic acids is 1. The maximum Gasteiger partial charge on any atom is 0.340 e. The molecule has 0 aromatic heterocycles. The van der Waals surface area contributed by atoms with Gasteiger partial charge in [-0.25, -0.2) is 9.59 Å². The molecule has 2 unspecified atom stereocenters. The number of carbonyl (C=O) groups excluding carboxylic acids is 4. The predicted octanol–water partition coefficient (Wildman–Crippen LogP) is -1.31. The van der Waals surface area contributed by atoms with Crippen LogP contribution in [0.15, 0.2) is 18.2 Å². The number of phenolic OH excluding ortho intramolecular Hbond substituents is 5. The Kier molecular flexibility index (Phi) is 7.58. The molecule has 3 heterocycles. The average Bonchev–Trinajstić information content (AvgIpc) is 3.30. The molecule has 1 fully saturated rings. The lowest BCUT2D eigenvalue weighted by molar-refractivity contribution is -0.288. The molecule has 3 aliphatic heterocycles. The van der Waals surface area contributed by atoms with Crippen molar-refractivity contribution in [2.24, 2.45) is 5.92 Å². The van der Waals surface area contributed by atoms with Gasteiger partial charge in [0.25, 0.3) is 0 Å². The van der Waals surface area contributed by atoms with E-state index in [4.69, 9.17) is 23.7 Å². The molecular weight excluding hydrogens is 600 g/mol. The fourth-order valence-corrected chi connectivity index (χ4v) is 5.11. The highest BCUT2D eigenvalue weighted by Crippen LogP contribution is 2.51. The Balaban J connectivity index is 1.61. The number of benzene rings is 2. The largest absolute Gasteiger partial charge is 0.504 e. The fraction of sp³-hybridized carbons (Fsp3) is 0.346. The molecule has 7 atom stereocenters. The molecule has 0 spiro atoms. The number of aliphatic hydroxyl groups excluding tert-OH is 2. The fourth-order valence-electron chi connectivity index (χ4n) is 5.11. The number of esters is 4. The molecule has 2 aromatic rings. The van der Waals surface area contributed by atoms with Crippen LogP contribution in [-0.4, -0.2) is 108 Å². The van der Waals surface area contributed by atoms with Gasteiger partial charge in [-0.05, 0) is 18.2 Å². The maximum atomic E-state index is 13.5. The zero-order valence-electron chi connectivity index (χ0n) is 21.8. The molecule has 2 aromatic carbocycles. The standard InChI is InChI=1S/C26H22O18/c27-5-12-19-18(35)21(26(40-12)44-22(36)6-1-9(28)16(33)10(29)2-6)43-23(37)7-3-11(30)17(34)20-14(7)15(25(39)42-20)8(4-13(31)32)24(38)41-19/h1-3,8,12,15,18-19,21,26-30,33-35H,4-5H2,(H,31,32)/t8?,12-,15?,18-,19+,21-,26+/m0/s1. The van der Waals surface area contributed by atoms with Crippen molar-refractivity contribution in [3.8, 4) is 34.5 Å². The van der Waals surface area contributed by atoms with Gasteiger partial charge in [0.2, 0.25) is 12.0 Å². The third-order valence-corrected chi connectivity index (χ3v) is 7.18. The van der Waals surface area contributed by atoms with Gasteiger partial charge in [-0.2, -0.15) is 0 Å². The van der Waals surface area contributed by atoms with Gasteiger partial charge < -0.3 is 64.5 Å². The first-order valence-corrected chi connectivity index (χ1v) is 12.6. The average molecular weight is 622 g/mol. The van der Waals surface area contributed by atoms with Crippen LogP contribution in [0.5, 0.6) is 34.5 Å². The van der Waals surface area contributed by atoms with Gasteiger partial charge in [0.1, 0.15) is 18.1 Å². The van der Waals surface area contributed by atoms with Crippen molar-refractivity contribution in [1.82, 2.24) is 0 Å². The summed E-state index contributed by atoms with van der Waals surface area (Å²) in [6.45, 7) is -1.02. The Bertz CT molecular complexity index is 1560. The summed E-state index contributed by atoms with van der Waals surface area (Å²) in [6.07, 6.45) is -11.1. The van der Waals surface area contributed by atoms with E-state index in [0.29, 0.717) is 18.2 Å². The number of ether oxygens (including phenoxy) is 5. The summed E-state index contributed by atoms with van der Waals surface area (Å²) in [5.74, 6) is -16.6. The monoisotopic (exact) mass is 622 g/mol. The highest BCUT2D eigenvalue weighted by molar-refractivity contribution is 6.02. The third-order valence-electron chi connectivity index (χ3n) is 7.18. The van der Waals surface area contributed by atoms with E-state index in [2.05, 4.69) is 0 Å².